The third-order valence-electron chi connectivity index (χ3n) is 3.27. The maximum Gasteiger partial charge on any atom is 0.534 e. The van der Waals surface area contributed by atoms with Crippen molar-refractivity contribution >= 4 is 21.9 Å². The number of aromatic nitrogens is 1. The van der Waals surface area contributed by atoms with Gasteiger partial charge in [0.15, 0.2) is 6.19 Å². The Morgan fingerprint density at radius 1 is 1.36 bits per heavy atom. The van der Waals surface area contributed by atoms with E-state index in [1.807, 2.05) is 0 Å². The molecule has 1 rings (SSSR count). The highest BCUT2D eigenvalue weighted by molar-refractivity contribution is 7.87. The Morgan fingerprint density at radius 3 is 2.39 bits per heavy atom. The fourth-order valence-electron chi connectivity index (χ4n) is 1.94. The zero-order valence-corrected chi connectivity index (χ0v) is 15.8. The molecular formula is C15H17F3N4O5S. The highest BCUT2D eigenvalue weighted by Gasteiger charge is 2.48. The number of hydrogen-bond acceptors (Lipinski definition) is 7. The average molecular weight is 422 g/mol. The Morgan fingerprint density at radius 2 is 1.96 bits per heavy atom. The topological polar surface area (TPSA) is 129 Å². The van der Waals surface area contributed by atoms with E-state index in [9.17, 15) is 31.2 Å². The molecule has 1 aromatic heterocycles. The number of hydrogen-bond donors (Lipinski definition) is 1. The predicted molar refractivity (Wildman–Crippen MR) is 88.9 cm³/mol. The summed E-state index contributed by atoms with van der Waals surface area (Å²) in [6.45, 7) is 3.60. The summed E-state index contributed by atoms with van der Waals surface area (Å²) >= 11 is 0. The molecule has 1 aromatic rings. The summed E-state index contributed by atoms with van der Waals surface area (Å²) in [5, 5.41) is 11.2. The van der Waals surface area contributed by atoms with Gasteiger partial charge in [-0.05, 0) is 18.4 Å². The zero-order valence-electron chi connectivity index (χ0n) is 15.0. The number of nitriles is 1. The minimum absolute atomic E-state index is 0.00261. The van der Waals surface area contributed by atoms with Gasteiger partial charge in [-0.25, -0.2) is 4.98 Å². The first-order valence-corrected chi connectivity index (χ1v) is 9.14. The fraction of sp³-hybridized carbons (Fsp3) is 0.467. The van der Waals surface area contributed by atoms with Crippen molar-refractivity contribution in [2.75, 3.05) is 7.05 Å². The molecule has 2 amide bonds. The van der Waals surface area contributed by atoms with Crippen molar-refractivity contribution in [2.24, 2.45) is 5.92 Å². The number of nitrogens with one attached hydrogen (secondary N) is 1. The van der Waals surface area contributed by atoms with E-state index in [0.717, 1.165) is 23.2 Å². The summed E-state index contributed by atoms with van der Waals surface area (Å²) < 4.78 is 62.5. The van der Waals surface area contributed by atoms with E-state index < -0.39 is 39.4 Å². The van der Waals surface area contributed by atoms with Gasteiger partial charge in [0.25, 0.3) is 11.8 Å². The van der Waals surface area contributed by atoms with Crippen molar-refractivity contribution in [1.82, 2.24) is 15.2 Å². The normalized spacial score (nSPS) is 12.8. The van der Waals surface area contributed by atoms with Gasteiger partial charge in [-0.2, -0.15) is 26.9 Å². The van der Waals surface area contributed by atoms with Crippen molar-refractivity contribution in [1.29, 1.82) is 5.26 Å². The standard InChI is InChI=1S/C15H17F3N4O5S/c1-9(2)6-11(14(24)22(3)8-19)21-13(23)10-4-5-12(20-7-10)27-28(25,26)15(16,17)18/h4-5,7,9,11H,6H2,1-3H3,(H,21,23)/t11-/m0/s1. The van der Waals surface area contributed by atoms with Gasteiger partial charge in [-0.15, -0.1) is 0 Å². The molecule has 13 heteroatoms. The molecule has 154 valence electrons. The lowest BCUT2D eigenvalue weighted by Gasteiger charge is -2.21. The summed E-state index contributed by atoms with van der Waals surface area (Å²) in [7, 11) is -4.65. The third kappa shape index (κ3) is 6.08. The number of amides is 2. The predicted octanol–water partition coefficient (Wildman–Crippen LogP) is 1.39. The summed E-state index contributed by atoms with van der Waals surface area (Å²) in [6, 6.07) is 0.728. The van der Waals surface area contributed by atoms with E-state index in [1.54, 1.807) is 20.0 Å². The van der Waals surface area contributed by atoms with Crippen LogP contribution in [0, 0.1) is 17.4 Å². The van der Waals surface area contributed by atoms with Gasteiger partial charge < -0.3 is 9.50 Å². The Bertz CT molecular complexity index is 863. The van der Waals surface area contributed by atoms with Gasteiger partial charge in [0.1, 0.15) is 6.04 Å². The molecule has 0 aliphatic heterocycles. The molecule has 1 N–H and O–H groups in total. The molecule has 0 saturated carbocycles. The number of alkyl halides is 3. The van der Waals surface area contributed by atoms with E-state index >= 15 is 0 Å². The smallest absolute Gasteiger partial charge is 0.355 e. The molecule has 0 unspecified atom stereocenters. The first kappa shape index (κ1) is 23.2. The minimum Gasteiger partial charge on any atom is -0.355 e. The van der Waals surface area contributed by atoms with Crippen LogP contribution in [-0.2, 0) is 14.9 Å². The number of pyridine rings is 1. The van der Waals surface area contributed by atoms with Crippen LogP contribution in [0.3, 0.4) is 0 Å². The van der Waals surface area contributed by atoms with Crippen LogP contribution in [0.25, 0.3) is 0 Å². The molecular weight excluding hydrogens is 405 g/mol. The number of likely N-dealkylation sites (N-methyl/N-ethyl adjacent to an activating group) is 1. The van der Waals surface area contributed by atoms with Crippen LogP contribution < -0.4 is 9.50 Å². The molecule has 1 heterocycles. The van der Waals surface area contributed by atoms with Crippen molar-refractivity contribution < 1.29 is 35.4 Å². The summed E-state index contributed by atoms with van der Waals surface area (Å²) in [6.07, 6.45) is 2.65. The minimum atomic E-state index is -5.88. The molecule has 0 radical (unpaired) electrons. The van der Waals surface area contributed by atoms with Crippen molar-refractivity contribution in [3.05, 3.63) is 23.9 Å². The molecule has 9 nitrogen and oxygen atoms in total. The largest absolute Gasteiger partial charge is 0.534 e. The highest BCUT2D eigenvalue weighted by Crippen LogP contribution is 2.25. The Hall–Kier alpha value is -2.88. The Labute approximate surface area is 159 Å². The summed E-state index contributed by atoms with van der Waals surface area (Å²) in [5.74, 6) is -2.31. The van der Waals surface area contributed by atoms with Crippen LogP contribution in [-0.4, -0.2) is 48.7 Å². The van der Waals surface area contributed by atoms with Crippen LogP contribution in [0.15, 0.2) is 18.3 Å². The Kier molecular flexibility index (Phi) is 7.34. The lowest BCUT2D eigenvalue weighted by atomic mass is 10.0. The van der Waals surface area contributed by atoms with Crippen LogP contribution in [0.4, 0.5) is 13.2 Å². The third-order valence-corrected chi connectivity index (χ3v) is 4.23. The van der Waals surface area contributed by atoms with Crippen molar-refractivity contribution in [2.45, 2.75) is 31.8 Å². The number of carbonyl (C=O) groups is 2. The van der Waals surface area contributed by atoms with Gasteiger partial charge in [-0.3, -0.25) is 14.5 Å². The van der Waals surface area contributed by atoms with E-state index in [-0.39, 0.29) is 17.9 Å². The first-order valence-electron chi connectivity index (χ1n) is 7.73. The molecule has 0 saturated heterocycles. The number of carbonyl (C=O) groups excluding carboxylic acids is 2. The molecule has 0 bridgehead atoms. The molecule has 28 heavy (non-hydrogen) atoms. The van der Waals surface area contributed by atoms with Crippen molar-refractivity contribution in [3.63, 3.8) is 0 Å². The SMILES string of the molecule is CC(C)C[C@H](NC(=O)c1ccc(OS(=O)(=O)C(F)(F)F)nc1)C(=O)N(C)C#N. The van der Waals surface area contributed by atoms with Gasteiger partial charge in [0.05, 0.1) is 5.56 Å². The monoisotopic (exact) mass is 422 g/mol. The molecule has 0 aromatic carbocycles. The van der Waals surface area contributed by atoms with E-state index in [0.29, 0.717) is 0 Å². The maximum absolute atomic E-state index is 12.3. The molecule has 0 aliphatic rings. The van der Waals surface area contributed by atoms with Crippen LogP contribution in [0.5, 0.6) is 5.88 Å². The molecule has 0 fully saturated rings. The van der Waals surface area contributed by atoms with Gasteiger partial charge >= 0.3 is 15.6 Å². The van der Waals surface area contributed by atoms with Crippen molar-refractivity contribution in [3.8, 4) is 12.1 Å². The van der Waals surface area contributed by atoms with Crippen LogP contribution >= 0.6 is 0 Å². The summed E-state index contributed by atoms with van der Waals surface area (Å²) in [4.78, 5) is 28.5. The molecule has 1 atom stereocenters. The maximum atomic E-state index is 12.3. The average Bonchev–Trinajstić information content (AvgIpc) is 2.58. The van der Waals surface area contributed by atoms with Gasteiger partial charge in [0, 0.05) is 19.3 Å². The summed E-state index contributed by atoms with van der Waals surface area (Å²) in [5.41, 5.74) is -5.78. The fourth-order valence-corrected chi connectivity index (χ4v) is 2.36. The van der Waals surface area contributed by atoms with Gasteiger partial charge in [0.2, 0.25) is 5.88 Å². The van der Waals surface area contributed by atoms with E-state index in [4.69, 9.17) is 5.26 Å². The van der Waals surface area contributed by atoms with E-state index in [1.165, 1.54) is 7.05 Å². The van der Waals surface area contributed by atoms with Crippen LogP contribution in [0.1, 0.15) is 30.6 Å². The quantitative estimate of drug-likeness (QED) is 0.304. The van der Waals surface area contributed by atoms with Crippen LogP contribution in [0.2, 0.25) is 0 Å². The highest BCUT2D eigenvalue weighted by atomic mass is 32.2. The first-order chi connectivity index (χ1) is 12.8. The lowest BCUT2D eigenvalue weighted by Crippen LogP contribution is -2.46. The molecule has 0 spiro atoms. The lowest BCUT2D eigenvalue weighted by molar-refractivity contribution is -0.129. The second-order valence-electron chi connectivity index (χ2n) is 6.02. The second kappa shape index (κ2) is 8.87. The number of halogens is 3. The number of nitrogens with zero attached hydrogens (tertiary/aromatic N) is 3. The Balaban J connectivity index is 2.94. The van der Waals surface area contributed by atoms with E-state index in [2.05, 4.69) is 14.5 Å². The second-order valence-corrected chi connectivity index (χ2v) is 7.56. The van der Waals surface area contributed by atoms with Gasteiger partial charge in [-0.1, -0.05) is 13.8 Å². The zero-order chi connectivity index (χ0) is 21.7. The molecule has 0 aliphatic carbocycles. The number of rotatable bonds is 7.